The summed E-state index contributed by atoms with van der Waals surface area (Å²) in [5.41, 5.74) is 0.125. The highest BCUT2D eigenvalue weighted by molar-refractivity contribution is 5.81. The lowest BCUT2D eigenvalue weighted by Gasteiger charge is -2.39. The molecule has 230 valence electrons. The highest BCUT2D eigenvalue weighted by Crippen LogP contribution is 2.52. The lowest BCUT2D eigenvalue weighted by atomic mass is 9.71. The van der Waals surface area contributed by atoms with E-state index in [-0.39, 0.29) is 41.6 Å². The minimum absolute atomic E-state index is 0.139. The zero-order valence-electron chi connectivity index (χ0n) is 25.6. The van der Waals surface area contributed by atoms with Gasteiger partial charge in [0, 0.05) is 41.3 Å². The van der Waals surface area contributed by atoms with Crippen molar-refractivity contribution < 1.29 is 37.9 Å². The van der Waals surface area contributed by atoms with E-state index in [0.717, 1.165) is 0 Å². The van der Waals surface area contributed by atoms with E-state index in [9.17, 15) is 9.50 Å². The number of aromatic nitrogens is 3. The van der Waals surface area contributed by atoms with E-state index in [1.807, 2.05) is 19.0 Å². The minimum atomic E-state index is -1.73. The first-order valence-electron chi connectivity index (χ1n) is 13.4. The predicted octanol–water partition coefficient (Wildman–Crippen LogP) is 4.19. The Morgan fingerprint density at radius 1 is 0.744 bits per heavy atom. The van der Waals surface area contributed by atoms with Crippen LogP contribution in [0.3, 0.4) is 0 Å². The average molecular weight is 597 g/mol. The molecule has 0 amide bonds. The van der Waals surface area contributed by atoms with Gasteiger partial charge in [-0.15, -0.1) is 0 Å². The van der Waals surface area contributed by atoms with Gasteiger partial charge in [0.05, 0.1) is 54.1 Å². The fourth-order valence-corrected chi connectivity index (χ4v) is 5.16. The van der Waals surface area contributed by atoms with Crippen molar-refractivity contribution in [3.05, 3.63) is 65.0 Å². The Bertz CT molecular complexity index is 1560. The van der Waals surface area contributed by atoms with Gasteiger partial charge < -0.3 is 38.4 Å². The van der Waals surface area contributed by atoms with Crippen LogP contribution in [0.2, 0.25) is 0 Å². The molecule has 43 heavy (non-hydrogen) atoms. The van der Waals surface area contributed by atoms with Gasteiger partial charge in [0.2, 0.25) is 23.5 Å². The average Bonchev–Trinajstić information content (AvgIpc) is 3.02. The summed E-state index contributed by atoms with van der Waals surface area (Å²) < 4.78 is 48.2. The van der Waals surface area contributed by atoms with Crippen LogP contribution >= 0.6 is 0 Å². The minimum Gasteiger partial charge on any atom is -0.491 e. The molecule has 0 saturated carbocycles. The number of halogens is 1. The first kappa shape index (κ1) is 31.5. The number of aliphatic hydroxyl groups is 1. The van der Waals surface area contributed by atoms with Gasteiger partial charge in [-0.25, -0.2) is 9.37 Å². The summed E-state index contributed by atoms with van der Waals surface area (Å²) in [5, 5.41) is 13.7. The zero-order valence-corrected chi connectivity index (χ0v) is 25.6. The number of pyridine rings is 3. The van der Waals surface area contributed by atoms with Crippen molar-refractivity contribution in [1.29, 1.82) is 0 Å². The Hall–Kier alpha value is -4.42. The molecule has 1 aromatic carbocycles. The summed E-state index contributed by atoms with van der Waals surface area (Å²) in [6, 6.07) is 11.0. The topological polar surface area (TPSA) is 118 Å². The van der Waals surface area contributed by atoms with E-state index in [1.54, 1.807) is 30.3 Å². The normalized spacial score (nSPS) is 13.4. The number of fused-ring (bicyclic) bond motifs is 1. The van der Waals surface area contributed by atoms with Gasteiger partial charge in [0.15, 0.2) is 5.75 Å². The maximum absolute atomic E-state index is 14.5. The van der Waals surface area contributed by atoms with Crippen LogP contribution in [0.15, 0.2) is 42.5 Å². The number of ether oxygens (including phenoxy) is 6. The Morgan fingerprint density at radius 2 is 1.37 bits per heavy atom. The third-order valence-corrected chi connectivity index (χ3v) is 7.25. The molecule has 3 aromatic heterocycles. The van der Waals surface area contributed by atoms with Crippen LogP contribution in [0, 0.1) is 5.82 Å². The Morgan fingerprint density at radius 3 is 1.93 bits per heavy atom. The van der Waals surface area contributed by atoms with Gasteiger partial charge in [0.25, 0.3) is 5.88 Å². The van der Waals surface area contributed by atoms with E-state index < -0.39 is 17.3 Å². The van der Waals surface area contributed by atoms with Gasteiger partial charge in [-0.2, -0.15) is 9.97 Å². The lowest BCUT2D eigenvalue weighted by molar-refractivity contribution is 0.00258. The lowest BCUT2D eigenvalue weighted by Crippen LogP contribution is -2.38. The van der Waals surface area contributed by atoms with Crippen molar-refractivity contribution in [3.63, 3.8) is 0 Å². The van der Waals surface area contributed by atoms with E-state index in [0.29, 0.717) is 34.1 Å². The molecule has 0 fully saturated rings. The summed E-state index contributed by atoms with van der Waals surface area (Å²) in [6.07, 6.45) is 0.196. The number of hydrogen-bond donors (Lipinski definition) is 1. The first-order chi connectivity index (χ1) is 20.6. The number of rotatable bonds is 13. The van der Waals surface area contributed by atoms with Crippen LogP contribution < -0.4 is 28.4 Å². The van der Waals surface area contributed by atoms with E-state index >= 15 is 0 Å². The predicted molar refractivity (Wildman–Crippen MR) is 158 cm³/mol. The number of hydrogen-bond acceptors (Lipinski definition) is 11. The highest BCUT2D eigenvalue weighted by Gasteiger charge is 2.45. The zero-order chi connectivity index (χ0) is 31.3. The molecule has 4 rings (SSSR count). The van der Waals surface area contributed by atoms with Crippen LogP contribution in [0.4, 0.5) is 4.39 Å². The summed E-state index contributed by atoms with van der Waals surface area (Å²) >= 11 is 0. The van der Waals surface area contributed by atoms with Crippen molar-refractivity contribution in [2.75, 3.05) is 63.3 Å². The fraction of sp³-hybridized carbons (Fsp3) is 0.387. The number of nitrogens with zero attached hydrogens (tertiary/aromatic N) is 4. The molecule has 2 atom stereocenters. The van der Waals surface area contributed by atoms with Gasteiger partial charge in [-0.3, -0.25) is 0 Å². The standard InChI is InChI=1S/C31H37FN4O7/c1-36(2)12-11-31(37,19-15-24(38-3)34-25(16-19)39-4)27(21-17-26(40-5)35-30(43-8)28(21)41-6)22-14-18-13-20(32)9-10-23(18)33-29(22)42-7/h9-10,13-17,27,37H,11-12H2,1-8H3. The van der Waals surface area contributed by atoms with Gasteiger partial charge in [-0.1, -0.05) is 0 Å². The molecule has 0 aliphatic heterocycles. The Balaban J connectivity index is 2.19. The van der Waals surface area contributed by atoms with Crippen molar-refractivity contribution in [2.24, 2.45) is 0 Å². The molecule has 4 aromatic rings. The molecule has 0 bridgehead atoms. The molecule has 0 aliphatic rings. The summed E-state index contributed by atoms with van der Waals surface area (Å²) in [4.78, 5) is 15.4. The third-order valence-electron chi connectivity index (χ3n) is 7.25. The maximum Gasteiger partial charge on any atom is 0.260 e. The second-order valence-corrected chi connectivity index (χ2v) is 10.1. The third kappa shape index (κ3) is 6.35. The SMILES string of the molecule is COc1cc(C(O)(CCN(C)C)C(c2cc3cc(F)ccc3nc2OC)c2cc(OC)nc(OC)c2OC)cc(OC)n1. The van der Waals surface area contributed by atoms with Gasteiger partial charge in [-0.05, 0) is 50.3 Å². The molecule has 11 nitrogen and oxygen atoms in total. The molecule has 0 radical (unpaired) electrons. The van der Waals surface area contributed by atoms with Crippen molar-refractivity contribution in [2.45, 2.75) is 17.9 Å². The number of methoxy groups -OCH3 is 6. The van der Waals surface area contributed by atoms with Gasteiger partial charge >= 0.3 is 0 Å². The van der Waals surface area contributed by atoms with Crippen molar-refractivity contribution in [1.82, 2.24) is 19.9 Å². The van der Waals surface area contributed by atoms with E-state index in [4.69, 9.17) is 33.4 Å². The molecule has 2 unspecified atom stereocenters. The second kappa shape index (κ2) is 13.3. The van der Waals surface area contributed by atoms with Crippen LogP contribution in [-0.2, 0) is 5.60 Å². The molecule has 0 saturated heterocycles. The summed E-state index contributed by atoms with van der Waals surface area (Å²) in [6.45, 7) is 0.458. The van der Waals surface area contributed by atoms with Crippen molar-refractivity contribution in [3.8, 4) is 35.1 Å². The second-order valence-electron chi connectivity index (χ2n) is 10.1. The largest absolute Gasteiger partial charge is 0.491 e. The quantitative estimate of drug-likeness (QED) is 0.239. The van der Waals surface area contributed by atoms with E-state index in [2.05, 4.69) is 9.97 Å². The molecule has 0 aliphatic carbocycles. The monoisotopic (exact) mass is 596 g/mol. The fourth-order valence-electron chi connectivity index (χ4n) is 5.16. The molecule has 0 spiro atoms. The van der Waals surface area contributed by atoms with Gasteiger partial charge in [0.1, 0.15) is 11.4 Å². The van der Waals surface area contributed by atoms with Crippen LogP contribution in [0.25, 0.3) is 10.9 Å². The highest BCUT2D eigenvalue weighted by atomic mass is 19.1. The Kier molecular flexibility index (Phi) is 9.72. The van der Waals surface area contributed by atoms with Crippen LogP contribution in [-0.4, -0.2) is 88.3 Å². The van der Waals surface area contributed by atoms with Crippen molar-refractivity contribution >= 4 is 10.9 Å². The molecule has 3 heterocycles. The van der Waals surface area contributed by atoms with Crippen LogP contribution in [0.1, 0.15) is 29.0 Å². The van der Waals surface area contributed by atoms with Crippen LogP contribution in [0.5, 0.6) is 35.1 Å². The molecule has 1 N–H and O–H groups in total. The molecular formula is C31H37FN4O7. The van der Waals surface area contributed by atoms with E-state index in [1.165, 1.54) is 54.8 Å². The summed E-state index contributed by atoms with van der Waals surface area (Å²) in [7, 11) is 12.7. The number of benzene rings is 1. The summed E-state index contributed by atoms with van der Waals surface area (Å²) in [5.74, 6) is -0.101. The molecular weight excluding hydrogens is 559 g/mol. The Labute approximate surface area is 250 Å². The maximum atomic E-state index is 14.5. The smallest absolute Gasteiger partial charge is 0.260 e. The molecule has 12 heteroatoms. The first-order valence-corrected chi connectivity index (χ1v) is 13.4.